The van der Waals surface area contributed by atoms with E-state index in [1.165, 1.54) is 15.9 Å². The minimum absolute atomic E-state index is 0. The van der Waals surface area contributed by atoms with Crippen LogP contribution >= 0.6 is 0 Å². The number of nitrogens with one attached hydrogen (secondary N) is 3. The van der Waals surface area contributed by atoms with Gasteiger partial charge in [0.2, 0.25) is 0 Å². The van der Waals surface area contributed by atoms with Gasteiger partial charge in [-0.15, -0.1) is 0 Å². The van der Waals surface area contributed by atoms with Gasteiger partial charge in [-0.3, -0.25) is 15.6 Å². The van der Waals surface area contributed by atoms with Crippen molar-refractivity contribution in [2.75, 3.05) is 31.7 Å². The van der Waals surface area contributed by atoms with E-state index in [2.05, 4.69) is 5.32 Å². The lowest BCUT2D eigenvalue weighted by atomic mass is 9.75. The molecule has 0 aromatic heterocycles. The number of alkyl halides is 3. The number of carbonyl (C=O) groups excluding carboxylic acids is 1. The van der Waals surface area contributed by atoms with Crippen LogP contribution < -0.4 is 10.2 Å². The quantitative estimate of drug-likeness (QED) is 0.395. The van der Waals surface area contributed by atoms with Crippen molar-refractivity contribution < 1.29 is 24.1 Å². The Balaban J connectivity index is 0.00000320. The highest BCUT2D eigenvalue weighted by Gasteiger charge is 2.44. The molecule has 0 saturated carbocycles. The molecule has 3 N–H and O–H groups in total. The maximum atomic E-state index is 14.1. The Hall–Kier alpha value is -3.24. The van der Waals surface area contributed by atoms with Crippen LogP contribution in [0.5, 0.6) is 0 Å². The number of hydrogen-bond acceptors (Lipinski definition) is 5. The van der Waals surface area contributed by atoms with Crippen LogP contribution in [0.15, 0.2) is 36.4 Å². The Morgan fingerprint density at radius 1 is 1.33 bits per heavy atom. The van der Waals surface area contributed by atoms with Gasteiger partial charge in [0.05, 0.1) is 31.7 Å². The minimum atomic E-state index is -4.56. The standard InChI is InChI=1S/C26H28F3N5O2.H2/c1-33(15-30)23(31)11-25(13-36-14-25)17-4-2-5-18(10-17)34-12-20-19(24(34)35)8-16(22-6-3-7-32-22)9-21(20)26(27,28)29;/h2,4-5,8-10,15,22,30-32H,3,6-7,11-14H2,1H3;1H. The van der Waals surface area contributed by atoms with Crippen LogP contribution in [0.4, 0.5) is 18.9 Å². The number of halogens is 3. The van der Waals surface area contributed by atoms with Crippen LogP contribution in [0.25, 0.3) is 0 Å². The Bertz CT molecular complexity index is 1230. The van der Waals surface area contributed by atoms with Gasteiger partial charge in [0, 0.05) is 37.6 Å². The van der Waals surface area contributed by atoms with Crippen molar-refractivity contribution in [3.63, 3.8) is 0 Å². The maximum Gasteiger partial charge on any atom is 0.416 e. The zero-order valence-corrected chi connectivity index (χ0v) is 19.9. The fourth-order valence-electron chi connectivity index (χ4n) is 5.31. The van der Waals surface area contributed by atoms with Gasteiger partial charge >= 0.3 is 6.18 Å². The number of amidine groups is 1. The number of hydrogen-bond donors (Lipinski definition) is 3. The van der Waals surface area contributed by atoms with E-state index in [0.29, 0.717) is 30.9 Å². The number of carbonyl (C=O) groups is 1. The van der Waals surface area contributed by atoms with Crippen LogP contribution in [-0.4, -0.2) is 49.8 Å². The summed E-state index contributed by atoms with van der Waals surface area (Å²) in [5.41, 5.74) is 0.749. The maximum absolute atomic E-state index is 14.1. The first-order valence-electron chi connectivity index (χ1n) is 11.9. The number of amides is 1. The lowest BCUT2D eigenvalue weighted by molar-refractivity contribution is -0.138. The molecule has 192 valence electrons. The van der Waals surface area contributed by atoms with Gasteiger partial charge in [-0.25, -0.2) is 0 Å². The van der Waals surface area contributed by atoms with Gasteiger partial charge in [-0.05, 0) is 60.3 Å². The normalized spacial score (nSPS) is 20.7. The summed E-state index contributed by atoms with van der Waals surface area (Å²) in [7, 11) is 1.63. The second-order valence-corrected chi connectivity index (χ2v) is 9.82. The molecule has 2 aromatic rings. The monoisotopic (exact) mass is 501 g/mol. The van der Waals surface area contributed by atoms with Crippen LogP contribution in [0.2, 0.25) is 0 Å². The first-order valence-corrected chi connectivity index (χ1v) is 11.9. The highest BCUT2D eigenvalue weighted by Crippen LogP contribution is 2.43. The molecule has 3 aliphatic rings. The number of rotatable bonds is 6. The third kappa shape index (κ3) is 4.18. The summed E-state index contributed by atoms with van der Waals surface area (Å²) >= 11 is 0. The molecule has 5 rings (SSSR count). The highest BCUT2D eigenvalue weighted by molar-refractivity contribution is 6.10. The fraction of sp³-hybridized carbons (Fsp3) is 0.423. The molecule has 3 aliphatic heterocycles. The van der Waals surface area contributed by atoms with Crippen LogP contribution in [0.3, 0.4) is 0 Å². The lowest BCUT2D eigenvalue weighted by Gasteiger charge is -2.43. The van der Waals surface area contributed by atoms with Crippen molar-refractivity contribution >= 4 is 23.8 Å². The fourth-order valence-corrected chi connectivity index (χ4v) is 5.31. The number of benzene rings is 2. The molecule has 2 fully saturated rings. The lowest BCUT2D eigenvalue weighted by Crippen LogP contribution is -2.49. The Morgan fingerprint density at radius 2 is 2.11 bits per heavy atom. The molecule has 3 heterocycles. The smallest absolute Gasteiger partial charge is 0.379 e. The third-order valence-electron chi connectivity index (χ3n) is 7.48. The van der Waals surface area contributed by atoms with E-state index in [1.54, 1.807) is 25.2 Å². The molecule has 0 radical (unpaired) electrons. The molecule has 7 nitrogen and oxygen atoms in total. The number of anilines is 1. The largest absolute Gasteiger partial charge is 0.416 e. The van der Waals surface area contributed by atoms with Crippen molar-refractivity contribution in [3.8, 4) is 0 Å². The predicted octanol–water partition coefficient (Wildman–Crippen LogP) is 4.71. The molecule has 0 spiro atoms. The molecule has 1 unspecified atom stereocenters. The molecular weight excluding hydrogens is 471 g/mol. The van der Waals surface area contributed by atoms with E-state index in [0.717, 1.165) is 31.3 Å². The SMILES string of the molecule is CN(C=N)C(=N)CC1(c2cccc(N3Cc4c(cc(C5CCCN5)cc4C(F)(F)F)C3=O)c2)COC1.[HH]. The molecule has 0 bridgehead atoms. The number of nitrogens with zero attached hydrogens (tertiary/aromatic N) is 2. The summed E-state index contributed by atoms with van der Waals surface area (Å²) in [6.07, 6.45) is -1.53. The van der Waals surface area contributed by atoms with E-state index >= 15 is 0 Å². The molecule has 1 amide bonds. The van der Waals surface area contributed by atoms with E-state index in [4.69, 9.17) is 15.6 Å². The molecule has 2 saturated heterocycles. The summed E-state index contributed by atoms with van der Waals surface area (Å²) in [4.78, 5) is 16.3. The van der Waals surface area contributed by atoms with Crippen molar-refractivity contribution in [1.29, 1.82) is 10.8 Å². The van der Waals surface area contributed by atoms with Crippen molar-refractivity contribution in [2.45, 2.75) is 43.4 Å². The highest BCUT2D eigenvalue weighted by atomic mass is 19.4. The van der Waals surface area contributed by atoms with E-state index < -0.39 is 23.1 Å². The first kappa shape index (κ1) is 24.5. The summed E-state index contributed by atoms with van der Waals surface area (Å²) < 4.78 is 47.6. The topological polar surface area (TPSA) is 92.5 Å². The van der Waals surface area contributed by atoms with E-state index in [-0.39, 0.29) is 31.0 Å². The molecule has 10 heteroatoms. The van der Waals surface area contributed by atoms with Crippen molar-refractivity contribution in [3.05, 3.63) is 64.2 Å². The minimum Gasteiger partial charge on any atom is -0.379 e. The summed E-state index contributed by atoms with van der Waals surface area (Å²) in [6.45, 7) is 1.36. The molecule has 0 aliphatic carbocycles. The van der Waals surface area contributed by atoms with Crippen LogP contribution in [0.1, 0.15) is 59.3 Å². The van der Waals surface area contributed by atoms with E-state index in [9.17, 15) is 18.0 Å². The Kier molecular flexibility index (Phi) is 6.12. The third-order valence-corrected chi connectivity index (χ3v) is 7.48. The molecular formula is C26H30F3N5O2. The van der Waals surface area contributed by atoms with Crippen LogP contribution in [-0.2, 0) is 22.9 Å². The average molecular weight is 502 g/mol. The van der Waals surface area contributed by atoms with Crippen molar-refractivity contribution in [1.82, 2.24) is 10.2 Å². The zero-order chi connectivity index (χ0) is 25.7. The predicted molar refractivity (Wildman–Crippen MR) is 132 cm³/mol. The summed E-state index contributed by atoms with van der Waals surface area (Å²) in [6, 6.07) is 9.84. The molecule has 36 heavy (non-hydrogen) atoms. The second-order valence-electron chi connectivity index (χ2n) is 9.82. The van der Waals surface area contributed by atoms with Crippen LogP contribution in [0, 0.1) is 10.8 Å². The zero-order valence-electron chi connectivity index (χ0n) is 19.9. The number of ether oxygens (including phenoxy) is 1. The van der Waals surface area contributed by atoms with E-state index in [1.807, 2.05) is 12.1 Å². The Morgan fingerprint density at radius 3 is 2.72 bits per heavy atom. The van der Waals surface area contributed by atoms with Crippen molar-refractivity contribution in [2.24, 2.45) is 0 Å². The van der Waals surface area contributed by atoms with Gasteiger partial charge in [0.1, 0.15) is 5.84 Å². The average Bonchev–Trinajstić information content (AvgIpc) is 3.48. The second kappa shape index (κ2) is 9.01. The first-order chi connectivity index (χ1) is 17.1. The Labute approximate surface area is 208 Å². The summed E-state index contributed by atoms with van der Waals surface area (Å²) in [5.74, 6) is -0.186. The number of fused-ring (bicyclic) bond motifs is 1. The van der Waals surface area contributed by atoms with Gasteiger partial charge in [0.25, 0.3) is 5.91 Å². The van der Waals surface area contributed by atoms with Gasteiger partial charge in [0.15, 0.2) is 0 Å². The molecule has 2 aromatic carbocycles. The van der Waals surface area contributed by atoms with Gasteiger partial charge in [-0.1, -0.05) is 12.1 Å². The van der Waals surface area contributed by atoms with Gasteiger partial charge in [-0.2, -0.15) is 13.2 Å². The van der Waals surface area contributed by atoms with Gasteiger partial charge < -0.3 is 19.9 Å². The molecule has 1 atom stereocenters. The summed E-state index contributed by atoms with van der Waals surface area (Å²) in [5, 5.41) is 18.9.